The number of aromatic nitrogens is 1. The van der Waals surface area contributed by atoms with Crippen LogP contribution in [0.5, 0.6) is 17.4 Å². The summed E-state index contributed by atoms with van der Waals surface area (Å²) in [5, 5.41) is 4.84. The lowest BCUT2D eigenvalue weighted by Crippen LogP contribution is -2.52. The van der Waals surface area contributed by atoms with Crippen LogP contribution in [0.4, 0.5) is 33.7 Å². The van der Waals surface area contributed by atoms with E-state index in [0.29, 0.717) is 11.4 Å². The standard InChI is InChI=1S/C24H21F4N3O4/c1-14-7-10-18(30-22(32)31-19-13-15(33-2)8-9-17(19)25)21(29-14)35-20-6-4-3-5-16(20)23(11-12-34-23)24(26,27)28/h3-10,13H,11-12H2,1-2H3,(H2,30,31,32). The number of benzene rings is 2. The highest BCUT2D eigenvalue weighted by Gasteiger charge is 2.62. The van der Waals surface area contributed by atoms with Crippen LogP contribution in [0.15, 0.2) is 54.6 Å². The number of para-hydroxylation sites is 1. The fourth-order valence-electron chi connectivity index (χ4n) is 3.60. The summed E-state index contributed by atoms with van der Waals surface area (Å²) in [4.78, 5) is 16.8. The molecule has 4 rings (SSSR count). The quantitative estimate of drug-likeness (QED) is 0.404. The first kappa shape index (κ1) is 24.3. The van der Waals surface area contributed by atoms with Gasteiger partial charge in [-0.25, -0.2) is 14.2 Å². The van der Waals surface area contributed by atoms with Gasteiger partial charge in [-0.1, -0.05) is 18.2 Å². The number of hydrogen-bond acceptors (Lipinski definition) is 5. The second-order valence-electron chi connectivity index (χ2n) is 7.75. The second-order valence-corrected chi connectivity index (χ2v) is 7.75. The molecule has 11 heteroatoms. The van der Waals surface area contributed by atoms with Crippen molar-refractivity contribution in [2.24, 2.45) is 0 Å². The monoisotopic (exact) mass is 491 g/mol. The van der Waals surface area contributed by atoms with E-state index in [-0.39, 0.29) is 41.6 Å². The van der Waals surface area contributed by atoms with Crippen LogP contribution >= 0.6 is 0 Å². The molecule has 2 amide bonds. The van der Waals surface area contributed by atoms with Crippen molar-refractivity contribution < 1.29 is 36.6 Å². The van der Waals surface area contributed by atoms with Crippen LogP contribution in [0.25, 0.3) is 0 Å². The number of anilines is 2. The van der Waals surface area contributed by atoms with Crippen molar-refractivity contribution in [2.45, 2.75) is 25.1 Å². The molecule has 0 radical (unpaired) electrons. The molecule has 1 unspecified atom stereocenters. The van der Waals surface area contributed by atoms with Crippen LogP contribution in [0.3, 0.4) is 0 Å². The molecule has 1 fully saturated rings. The van der Waals surface area contributed by atoms with E-state index in [4.69, 9.17) is 14.2 Å². The highest BCUT2D eigenvalue weighted by atomic mass is 19.4. The van der Waals surface area contributed by atoms with Crippen molar-refractivity contribution >= 4 is 17.4 Å². The van der Waals surface area contributed by atoms with Gasteiger partial charge in [0.05, 0.1) is 19.4 Å². The molecular weight excluding hydrogens is 470 g/mol. The largest absolute Gasteiger partial charge is 0.497 e. The lowest BCUT2D eigenvalue weighted by molar-refractivity contribution is -0.333. The molecule has 184 valence electrons. The van der Waals surface area contributed by atoms with Gasteiger partial charge in [0.25, 0.3) is 0 Å². The molecule has 0 aliphatic carbocycles. The zero-order valence-corrected chi connectivity index (χ0v) is 18.7. The molecule has 1 aromatic heterocycles. The Balaban J connectivity index is 1.61. The third-order valence-corrected chi connectivity index (χ3v) is 5.46. The third-order valence-electron chi connectivity index (χ3n) is 5.46. The number of ether oxygens (including phenoxy) is 3. The Labute approximate surface area is 198 Å². The van der Waals surface area contributed by atoms with Gasteiger partial charge in [-0.3, -0.25) is 0 Å². The molecule has 0 saturated carbocycles. The summed E-state index contributed by atoms with van der Waals surface area (Å²) < 4.78 is 71.5. The van der Waals surface area contributed by atoms with Crippen molar-refractivity contribution in [2.75, 3.05) is 24.4 Å². The van der Waals surface area contributed by atoms with Crippen molar-refractivity contribution in [1.82, 2.24) is 4.98 Å². The summed E-state index contributed by atoms with van der Waals surface area (Å²) in [6.07, 6.45) is -4.91. The number of amides is 2. The maximum Gasteiger partial charge on any atom is 0.421 e. The number of carbonyl (C=O) groups is 1. The zero-order chi connectivity index (χ0) is 25.2. The summed E-state index contributed by atoms with van der Waals surface area (Å²) in [7, 11) is 1.40. The smallest absolute Gasteiger partial charge is 0.421 e. The normalized spacial score (nSPS) is 17.3. The number of aryl methyl sites for hydroxylation is 1. The number of alkyl halides is 3. The van der Waals surface area contributed by atoms with Gasteiger partial charge in [-0.15, -0.1) is 0 Å². The van der Waals surface area contributed by atoms with Gasteiger partial charge in [0.1, 0.15) is 23.0 Å². The second kappa shape index (κ2) is 9.41. The minimum Gasteiger partial charge on any atom is -0.497 e. The van der Waals surface area contributed by atoms with E-state index >= 15 is 0 Å². The van der Waals surface area contributed by atoms with E-state index in [0.717, 1.165) is 6.07 Å². The van der Waals surface area contributed by atoms with Gasteiger partial charge < -0.3 is 24.8 Å². The van der Waals surface area contributed by atoms with Crippen LogP contribution in [-0.4, -0.2) is 30.9 Å². The number of rotatable bonds is 6. The molecular formula is C24H21F4N3O4. The van der Waals surface area contributed by atoms with Crippen molar-refractivity contribution in [3.05, 3.63) is 71.7 Å². The molecule has 1 saturated heterocycles. The minimum absolute atomic E-state index is 0.0374. The SMILES string of the molecule is COc1ccc(F)c(NC(=O)Nc2ccc(C)nc2Oc2ccccc2C2(C(F)(F)F)CCO2)c1. The predicted molar refractivity (Wildman–Crippen MR) is 119 cm³/mol. The first-order chi connectivity index (χ1) is 16.6. The molecule has 7 nitrogen and oxygen atoms in total. The number of nitrogens with zero attached hydrogens (tertiary/aromatic N) is 1. The highest BCUT2D eigenvalue weighted by molar-refractivity contribution is 6.00. The Bertz CT molecular complexity index is 1250. The number of urea groups is 1. The molecule has 3 aromatic rings. The first-order valence-electron chi connectivity index (χ1n) is 10.5. The summed E-state index contributed by atoms with van der Waals surface area (Å²) in [5.74, 6) is -0.622. The average Bonchev–Trinajstić information content (AvgIpc) is 2.76. The van der Waals surface area contributed by atoms with Crippen LogP contribution in [0, 0.1) is 12.7 Å². The van der Waals surface area contributed by atoms with Gasteiger partial charge >= 0.3 is 12.2 Å². The van der Waals surface area contributed by atoms with Crippen LogP contribution in [-0.2, 0) is 10.3 Å². The topological polar surface area (TPSA) is 81.7 Å². The molecule has 1 aliphatic rings. The molecule has 2 heterocycles. The van der Waals surface area contributed by atoms with E-state index in [1.807, 2.05) is 0 Å². The third kappa shape index (κ3) is 4.85. The van der Waals surface area contributed by atoms with Gasteiger partial charge in [-0.05, 0) is 37.3 Å². The van der Waals surface area contributed by atoms with Crippen molar-refractivity contribution in [3.8, 4) is 17.4 Å². The number of methoxy groups -OCH3 is 1. The Morgan fingerprint density at radius 3 is 2.46 bits per heavy atom. The Kier molecular flexibility index (Phi) is 6.53. The van der Waals surface area contributed by atoms with E-state index < -0.39 is 23.6 Å². The number of pyridine rings is 1. The summed E-state index contributed by atoms with van der Waals surface area (Å²) in [5.41, 5.74) is -2.27. The average molecular weight is 491 g/mol. The van der Waals surface area contributed by atoms with Crippen molar-refractivity contribution in [1.29, 1.82) is 0 Å². The molecule has 1 atom stereocenters. The van der Waals surface area contributed by atoms with E-state index in [1.165, 1.54) is 49.6 Å². The van der Waals surface area contributed by atoms with Gasteiger partial charge in [0.15, 0.2) is 5.60 Å². The lowest BCUT2D eigenvalue weighted by atomic mass is 9.85. The Morgan fingerprint density at radius 1 is 1.09 bits per heavy atom. The van der Waals surface area contributed by atoms with Crippen LogP contribution < -0.4 is 20.1 Å². The molecule has 2 aromatic carbocycles. The molecule has 2 N–H and O–H groups in total. The molecule has 1 aliphatic heterocycles. The number of nitrogens with one attached hydrogen (secondary N) is 2. The maximum atomic E-state index is 14.1. The maximum absolute atomic E-state index is 14.1. The lowest BCUT2D eigenvalue weighted by Gasteiger charge is -2.43. The Hall–Kier alpha value is -3.86. The van der Waals surface area contributed by atoms with Gasteiger partial charge in [-0.2, -0.15) is 13.2 Å². The Morgan fingerprint density at radius 2 is 1.80 bits per heavy atom. The first-order valence-corrected chi connectivity index (χ1v) is 10.5. The molecule has 0 bridgehead atoms. The van der Waals surface area contributed by atoms with Gasteiger partial charge in [0, 0.05) is 23.7 Å². The predicted octanol–water partition coefficient (Wildman–Crippen LogP) is 6.15. The van der Waals surface area contributed by atoms with Crippen molar-refractivity contribution in [3.63, 3.8) is 0 Å². The van der Waals surface area contributed by atoms with Crippen LogP contribution in [0.2, 0.25) is 0 Å². The molecule has 35 heavy (non-hydrogen) atoms. The number of halogens is 4. The number of hydrogen-bond donors (Lipinski definition) is 2. The van der Waals surface area contributed by atoms with Gasteiger partial charge in [0.2, 0.25) is 5.88 Å². The van der Waals surface area contributed by atoms with E-state index in [2.05, 4.69) is 15.6 Å². The fourth-order valence-corrected chi connectivity index (χ4v) is 3.60. The minimum atomic E-state index is -4.66. The fraction of sp³-hybridized carbons (Fsp3) is 0.250. The summed E-state index contributed by atoms with van der Waals surface area (Å²) in [6.45, 7) is 1.62. The number of carbonyl (C=O) groups excluding carboxylic acids is 1. The molecule has 0 spiro atoms. The van der Waals surface area contributed by atoms with E-state index in [9.17, 15) is 22.4 Å². The summed E-state index contributed by atoms with van der Waals surface area (Å²) in [6, 6.07) is 11.7. The van der Waals surface area contributed by atoms with Crippen LogP contribution in [0.1, 0.15) is 17.7 Å². The summed E-state index contributed by atoms with van der Waals surface area (Å²) >= 11 is 0. The zero-order valence-electron chi connectivity index (χ0n) is 18.7. The van der Waals surface area contributed by atoms with E-state index in [1.54, 1.807) is 13.0 Å². The highest BCUT2D eigenvalue weighted by Crippen LogP contribution is 2.53.